The number of nitrogens with one attached hydrogen (secondary N) is 1. The molecule has 0 radical (unpaired) electrons. The minimum absolute atomic E-state index is 0.306. The predicted molar refractivity (Wildman–Crippen MR) is 103 cm³/mol. The summed E-state index contributed by atoms with van der Waals surface area (Å²) in [5, 5.41) is 2.01. The van der Waals surface area contributed by atoms with Crippen LogP contribution in [0.2, 0.25) is 0 Å². The van der Waals surface area contributed by atoms with Gasteiger partial charge in [0, 0.05) is 41.9 Å². The van der Waals surface area contributed by atoms with Crippen molar-refractivity contribution in [3.8, 4) is 11.1 Å². The third kappa shape index (κ3) is 2.70. The Bertz CT molecular complexity index is 1100. The molecule has 0 aliphatic carbocycles. The number of rotatable bonds is 4. The molecule has 2 aromatic carbocycles. The molecule has 4 aromatic rings. The number of aromatic nitrogens is 1. The molecule has 4 heteroatoms. The molecule has 25 heavy (non-hydrogen) atoms. The first-order valence-corrected chi connectivity index (χ1v) is 8.60. The van der Waals surface area contributed by atoms with Crippen LogP contribution in [-0.2, 0) is 0 Å². The van der Waals surface area contributed by atoms with Crippen molar-refractivity contribution < 1.29 is 4.42 Å². The minimum atomic E-state index is -0.306. The molecule has 0 bridgehead atoms. The van der Waals surface area contributed by atoms with E-state index in [9.17, 15) is 4.79 Å². The molecular formula is C21H20N2O2. The highest BCUT2D eigenvalue weighted by Gasteiger charge is 2.10. The number of fused-ring (bicyclic) bond motifs is 2. The third-order valence-corrected chi connectivity index (χ3v) is 4.71. The first kappa shape index (κ1) is 15.5. The van der Waals surface area contributed by atoms with E-state index < -0.39 is 0 Å². The van der Waals surface area contributed by atoms with Gasteiger partial charge in [-0.1, -0.05) is 6.07 Å². The van der Waals surface area contributed by atoms with Crippen LogP contribution < -0.4 is 10.5 Å². The Balaban J connectivity index is 1.84. The standard InChI is InChI=1S/C21H20N2O2/c1-3-23(4-2)17-7-5-16-12-18(21(24)25-20(16)13-17)14-6-8-19-15(11-14)9-10-22-19/h5-13,22H,3-4H2,1-2H3. The molecule has 2 heterocycles. The largest absolute Gasteiger partial charge is 0.422 e. The Morgan fingerprint density at radius 1 is 0.960 bits per heavy atom. The number of H-pyrrole nitrogens is 1. The average Bonchev–Trinajstić information content (AvgIpc) is 3.09. The number of aromatic amines is 1. The van der Waals surface area contributed by atoms with Crippen LogP contribution in [-0.4, -0.2) is 18.1 Å². The van der Waals surface area contributed by atoms with Gasteiger partial charge in [0.25, 0.3) is 0 Å². The van der Waals surface area contributed by atoms with Crippen molar-refractivity contribution in [3.05, 3.63) is 65.1 Å². The van der Waals surface area contributed by atoms with Gasteiger partial charge in [0.2, 0.25) is 0 Å². The summed E-state index contributed by atoms with van der Waals surface area (Å²) in [6.45, 7) is 6.07. The summed E-state index contributed by atoms with van der Waals surface area (Å²) in [4.78, 5) is 17.9. The molecule has 0 spiro atoms. The lowest BCUT2D eigenvalue weighted by atomic mass is 10.0. The molecule has 4 nitrogen and oxygen atoms in total. The number of hydrogen-bond donors (Lipinski definition) is 1. The molecule has 0 unspecified atom stereocenters. The van der Waals surface area contributed by atoms with Crippen LogP contribution in [0.5, 0.6) is 0 Å². The van der Waals surface area contributed by atoms with Crippen molar-refractivity contribution in [2.45, 2.75) is 13.8 Å². The lowest BCUT2D eigenvalue weighted by Gasteiger charge is -2.21. The van der Waals surface area contributed by atoms with E-state index in [0.717, 1.165) is 40.6 Å². The predicted octanol–water partition coefficient (Wildman–Crippen LogP) is 4.79. The molecule has 0 fully saturated rings. The monoisotopic (exact) mass is 332 g/mol. The second kappa shape index (κ2) is 6.13. The van der Waals surface area contributed by atoms with Gasteiger partial charge in [0.15, 0.2) is 0 Å². The summed E-state index contributed by atoms with van der Waals surface area (Å²) in [5.74, 6) is 0. The van der Waals surface area contributed by atoms with E-state index in [1.54, 1.807) is 0 Å². The molecule has 0 saturated heterocycles. The Morgan fingerprint density at radius 2 is 1.80 bits per heavy atom. The van der Waals surface area contributed by atoms with Crippen LogP contribution in [0.1, 0.15) is 13.8 Å². The maximum atomic E-state index is 12.5. The number of nitrogens with zero attached hydrogens (tertiary/aromatic N) is 1. The van der Waals surface area contributed by atoms with E-state index in [2.05, 4.69) is 29.8 Å². The van der Waals surface area contributed by atoms with Gasteiger partial charge >= 0.3 is 5.63 Å². The second-order valence-electron chi connectivity index (χ2n) is 6.12. The van der Waals surface area contributed by atoms with E-state index in [0.29, 0.717) is 11.1 Å². The van der Waals surface area contributed by atoms with Gasteiger partial charge in [-0.3, -0.25) is 0 Å². The summed E-state index contributed by atoms with van der Waals surface area (Å²) in [7, 11) is 0. The van der Waals surface area contributed by atoms with E-state index in [4.69, 9.17) is 4.42 Å². The normalized spacial score (nSPS) is 11.3. The quantitative estimate of drug-likeness (QED) is 0.547. The zero-order valence-corrected chi connectivity index (χ0v) is 14.4. The summed E-state index contributed by atoms with van der Waals surface area (Å²) < 4.78 is 5.63. The van der Waals surface area contributed by atoms with E-state index in [1.807, 2.05) is 48.7 Å². The highest BCUT2D eigenvalue weighted by molar-refractivity contribution is 5.88. The van der Waals surface area contributed by atoms with Gasteiger partial charge in [-0.15, -0.1) is 0 Å². The fraction of sp³-hybridized carbons (Fsp3) is 0.190. The van der Waals surface area contributed by atoms with Crippen molar-refractivity contribution in [2.75, 3.05) is 18.0 Å². The fourth-order valence-electron chi connectivity index (χ4n) is 3.31. The Labute approximate surface area is 145 Å². The molecule has 0 atom stereocenters. The van der Waals surface area contributed by atoms with Gasteiger partial charge in [-0.25, -0.2) is 4.79 Å². The van der Waals surface area contributed by atoms with Crippen molar-refractivity contribution in [3.63, 3.8) is 0 Å². The number of anilines is 1. The average molecular weight is 332 g/mol. The maximum absolute atomic E-state index is 12.5. The smallest absolute Gasteiger partial charge is 0.344 e. The highest BCUT2D eigenvalue weighted by atomic mass is 16.4. The van der Waals surface area contributed by atoms with E-state index in [1.165, 1.54) is 0 Å². The topological polar surface area (TPSA) is 49.2 Å². The summed E-state index contributed by atoms with van der Waals surface area (Å²) in [5.41, 5.74) is 3.90. The zero-order valence-electron chi connectivity index (χ0n) is 14.4. The molecule has 0 amide bonds. The molecule has 0 saturated carbocycles. The van der Waals surface area contributed by atoms with Crippen molar-refractivity contribution in [1.29, 1.82) is 0 Å². The van der Waals surface area contributed by atoms with Gasteiger partial charge in [0.1, 0.15) is 5.58 Å². The van der Waals surface area contributed by atoms with E-state index >= 15 is 0 Å². The molecule has 126 valence electrons. The summed E-state index contributed by atoms with van der Waals surface area (Å²) >= 11 is 0. The first-order chi connectivity index (χ1) is 12.2. The SMILES string of the molecule is CCN(CC)c1ccc2cc(-c3ccc4[nH]ccc4c3)c(=O)oc2c1. The lowest BCUT2D eigenvalue weighted by molar-refractivity contribution is 0.563. The van der Waals surface area contributed by atoms with Gasteiger partial charge in [-0.05, 0) is 61.2 Å². The van der Waals surface area contributed by atoms with Crippen LogP contribution in [0.15, 0.2) is 63.9 Å². The summed E-state index contributed by atoms with van der Waals surface area (Å²) in [6, 6.07) is 15.9. The van der Waals surface area contributed by atoms with Crippen LogP contribution in [0.25, 0.3) is 33.0 Å². The number of benzene rings is 2. The Hall–Kier alpha value is -3.01. The lowest BCUT2D eigenvalue weighted by Crippen LogP contribution is -2.21. The van der Waals surface area contributed by atoms with Crippen LogP contribution in [0, 0.1) is 0 Å². The Kier molecular flexibility index (Phi) is 3.80. The summed E-state index contributed by atoms with van der Waals surface area (Å²) in [6.07, 6.45) is 1.89. The third-order valence-electron chi connectivity index (χ3n) is 4.71. The first-order valence-electron chi connectivity index (χ1n) is 8.60. The van der Waals surface area contributed by atoms with Crippen LogP contribution in [0.3, 0.4) is 0 Å². The molecular weight excluding hydrogens is 312 g/mol. The van der Waals surface area contributed by atoms with Crippen molar-refractivity contribution in [2.24, 2.45) is 0 Å². The molecule has 0 aliphatic rings. The van der Waals surface area contributed by atoms with Gasteiger partial charge < -0.3 is 14.3 Å². The molecule has 2 aromatic heterocycles. The molecule has 1 N–H and O–H groups in total. The Morgan fingerprint density at radius 3 is 2.60 bits per heavy atom. The van der Waals surface area contributed by atoms with Gasteiger partial charge in [0.05, 0.1) is 5.56 Å². The van der Waals surface area contributed by atoms with Crippen molar-refractivity contribution >= 4 is 27.6 Å². The fourth-order valence-corrected chi connectivity index (χ4v) is 3.31. The highest BCUT2D eigenvalue weighted by Crippen LogP contribution is 2.27. The maximum Gasteiger partial charge on any atom is 0.344 e. The second-order valence-corrected chi connectivity index (χ2v) is 6.12. The zero-order chi connectivity index (χ0) is 17.4. The van der Waals surface area contributed by atoms with E-state index in [-0.39, 0.29) is 5.63 Å². The van der Waals surface area contributed by atoms with Crippen LogP contribution >= 0.6 is 0 Å². The van der Waals surface area contributed by atoms with Crippen molar-refractivity contribution in [1.82, 2.24) is 4.98 Å². The molecule has 0 aliphatic heterocycles. The van der Waals surface area contributed by atoms with Gasteiger partial charge in [-0.2, -0.15) is 0 Å². The number of hydrogen-bond acceptors (Lipinski definition) is 3. The van der Waals surface area contributed by atoms with Crippen LogP contribution in [0.4, 0.5) is 5.69 Å². The molecule has 4 rings (SSSR count). The minimum Gasteiger partial charge on any atom is -0.422 e.